The molecule has 1 aromatic rings. The minimum atomic E-state index is -0.362. The summed E-state index contributed by atoms with van der Waals surface area (Å²) in [5.41, 5.74) is 6.00. The molecule has 2 rings (SSSR count). The Morgan fingerprint density at radius 3 is 2.74 bits per heavy atom. The lowest BCUT2D eigenvalue weighted by Crippen LogP contribution is -2.41. The van der Waals surface area contributed by atoms with E-state index in [1.54, 1.807) is 12.3 Å². The number of rotatable bonds is 4. The van der Waals surface area contributed by atoms with Crippen molar-refractivity contribution < 1.29 is 4.92 Å². The number of anilines is 1. The van der Waals surface area contributed by atoms with E-state index in [1.807, 2.05) is 11.8 Å². The van der Waals surface area contributed by atoms with Crippen molar-refractivity contribution in [2.75, 3.05) is 11.4 Å². The van der Waals surface area contributed by atoms with Gasteiger partial charge in [0.25, 0.3) is 0 Å². The summed E-state index contributed by atoms with van der Waals surface area (Å²) in [5.74, 6) is 0.482. The third-order valence-corrected chi connectivity index (χ3v) is 3.76. The molecule has 6 heteroatoms. The first kappa shape index (κ1) is 13.7. The molecule has 0 spiro atoms. The lowest BCUT2D eigenvalue weighted by molar-refractivity contribution is -0.384. The van der Waals surface area contributed by atoms with Crippen LogP contribution in [-0.4, -0.2) is 28.5 Å². The van der Waals surface area contributed by atoms with Crippen LogP contribution in [0.5, 0.6) is 0 Å². The zero-order valence-corrected chi connectivity index (χ0v) is 11.2. The molecule has 0 atom stereocenters. The van der Waals surface area contributed by atoms with Gasteiger partial charge in [-0.05, 0) is 38.7 Å². The summed E-state index contributed by atoms with van der Waals surface area (Å²) in [6.07, 6.45) is 5.51. The van der Waals surface area contributed by atoms with E-state index in [-0.39, 0.29) is 16.7 Å². The first-order chi connectivity index (χ1) is 9.13. The van der Waals surface area contributed by atoms with E-state index >= 15 is 0 Å². The molecule has 6 nitrogen and oxygen atoms in total. The molecule has 0 radical (unpaired) electrons. The number of nitro groups is 1. The topological polar surface area (TPSA) is 85.3 Å². The van der Waals surface area contributed by atoms with Crippen molar-refractivity contribution in [3.63, 3.8) is 0 Å². The van der Waals surface area contributed by atoms with Gasteiger partial charge in [0, 0.05) is 30.9 Å². The Kier molecular flexibility index (Phi) is 4.31. The molecule has 1 aliphatic carbocycles. The van der Waals surface area contributed by atoms with Crippen LogP contribution in [0.1, 0.15) is 32.6 Å². The van der Waals surface area contributed by atoms with Gasteiger partial charge in [-0.25, -0.2) is 4.98 Å². The van der Waals surface area contributed by atoms with Crippen molar-refractivity contribution in [2.24, 2.45) is 5.73 Å². The van der Waals surface area contributed by atoms with Gasteiger partial charge in [0.1, 0.15) is 0 Å². The maximum Gasteiger partial charge on any atom is 0.311 e. The van der Waals surface area contributed by atoms with Crippen LogP contribution in [0, 0.1) is 10.1 Å². The Bertz CT molecular complexity index is 444. The van der Waals surface area contributed by atoms with E-state index in [9.17, 15) is 10.1 Å². The maximum absolute atomic E-state index is 11.1. The van der Waals surface area contributed by atoms with Crippen LogP contribution in [0.3, 0.4) is 0 Å². The smallest absolute Gasteiger partial charge is 0.311 e. The summed E-state index contributed by atoms with van der Waals surface area (Å²) in [4.78, 5) is 17.0. The highest BCUT2D eigenvalue weighted by Crippen LogP contribution is 2.31. The summed E-state index contributed by atoms with van der Waals surface area (Å²) in [7, 11) is 0. The summed E-state index contributed by atoms with van der Waals surface area (Å²) >= 11 is 0. The van der Waals surface area contributed by atoms with Crippen LogP contribution in [0.2, 0.25) is 0 Å². The summed E-state index contributed by atoms with van der Waals surface area (Å²) < 4.78 is 0. The highest BCUT2D eigenvalue weighted by molar-refractivity contribution is 5.57. The van der Waals surface area contributed by atoms with Crippen molar-refractivity contribution in [2.45, 2.75) is 44.7 Å². The quantitative estimate of drug-likeness (QED) is 0.664. The van der Waals surface area contributed by atoms with E-state index in [0.717, 1.165) is 32.2 Å². The molecular weight excluding hydrogens is 244 g/mol. The molecule has 0 unspecified atom stereocenters. The number of hydrogen-bond acceptors (Lipinski definition) is 5. The van der Waals surface area contributed by atoms with Crippen LogP contribution in [-0.2, 0) is 0 Å². The van der Waals surface area contributed by atoms with Crippen molar-refractivity contribution in [3.05, 3.63) is 28.4 Å². The number of nitrogens with zero attached hydrogens (tertiary/aromatic N) is 3. The normalized spacial score (nSPS) is 23.1. The maximum atomic E-state index is 11.1. The van der Waals surface area contributed by atoms with Crippen molar-refractivity contribution in [1.82, 2.24) is 4.98 Å². The summed E-state index contributed by atoms with van der Waals surface area (Å²) in [6, 6.07) is 3.69. The van der Waals surface area contributed by atoms with E-state index in [2.05, 4.69) is 4.98 Å². The highest BCUT2D eigenvalue weighted by atomic mass is 16.6. The lowest BCUT2D eigenvalue weighted by atomic mass is 9.90. The van der Waals surface area contributed by atoms with Crippen molar-refractivity contribution >= 4 is 11.5 Å². The molecule has 0 aromatic carbocycles. The Labute approximate surface area is 112 Å². The largest absolute Gasteiger partial charge is 0.348 e. The number of aromatic nitrogens is 1. The van der Waals surface area contributed by atoms with Gasteiger partial charge in [-0.1, -0.05) is 0 Å². The Balaban J connectivity index is 2.24. The molecule has 0 aliphatic heterocycles. The van der Waals surface area contributed by atoms with E-state index in [0.29, 0.717) is 11.9 Å². The zero-order valence-electron chi connectivity index (χ0n) is 11.2. The Morgan fingerprint density at radius 2 is 2.16 bits per heavy atom. The van der Waals surface area contributed by atoms with Gasteiger partial charge in [0.15, 0.2) is 0 Å². The average Bonchev–Trinajstić information content (AvgIpc) is 2.42. The monoisotopic (exact) mass is 264 g/mol. The molecule has 1 aromatic heterocycles. The first-order valence-electron chi connectivity index (χ1n) is 6.75. The number of nitrogens with two attached hydrogens (primary N) is 1. The number of pyridine rings is 1. The van der Waals surface area contributed by atoms with Gasteiger partial charge in [-0.15, -0.1) is 0 Å². The third-order valence-electron chi connectivity index (χ3n) is 3.76. The van der Waals surface area contributed by atoms with Gasteiger partial charge in [0.05, 0.1) is 4.92 Å². The summed E-state index contributed by atoms with van der Waals surface area (Å²) in [6.45, 7) is 2.73. The predicted octanol–water partition coefficient (Wildman–Crippen LogP) is 2.09. The minimum absolute atomic E-state index is 0.0826. The van der Waals surface area contributed by atoms with Crippen molar-refractivity contribution in [1.29, 1.82) is 0 Å². The van der Waals surface area contributed by atoms with Gasteiger partial charge in [0.2, 0.25) is 5.82 Å². The van der Waals surface area contributed by atoms with Gasteiger partial charge < -0.3 is 10.6 Å². The standard InChI is InChI=1S/C13H20N4O2/c1-2-16(11-7-5-10(14)6-8-11)13-12(17(18)19)4-3-9-15-13/h3-4,9-11H,2,5-8,14H2,1H3. The first-order valence-corrected chi connectivity index (χ1v) is 6.75. The lowest BCUT2D eigenvalue weighted by Gasteiger charge is -2.35. The SMILES string of the molecule is CCN(c1ncccc1[N+](=O)[O-])C1CCC(N)CC1. The van der Waals surface area contributed by atoms with Crippen LogP contribution < -0.4 is 10.6 Å². The fourth-order valence-corrected chi connectivity index (χ4v) is 2.75. The molecule has 0 saturated heterocycles. The van der Waals surface area contributed by atoms with E-state index < -0.39 is 0 Å². The second-order valence-corrected chi connectivity index (χ2v) is 4.96. The highest BCUT2D eigenvalue weighted by Gasteiger charge is 2.28. The Morgan fingerprint density at radius 1 is 1.47 bits per heavy atom. The molecule has 104 valence electrons. The van der Waals surface area contributed by atoms with Crippen LogP contribution >= 0.6 is 0 Å². The second-order valence-electron chi connectivity index (χ2n) is 4.96. The molecule has 2 N–H and O–H groups in total. The molecule has 1 fully saturated rings. The summed E-state index contributed by atoms with van der Waals surface area (Å²) in [5, 5.41) is 11.1. The predicted molar refractivity (Wildman–Crippen MR) is 74.1 cm³/mol. The molecule has 1 aliphatic rings. The number of hydrogen-bond donors (Lipinski definition) is 1. The minimum Gasteiger partial charge on any atom is -0.348 e. The van der Waals surface area contributed by atoms with Crippen molar-refractivity contribution in [3.8, 4) is 0 Å². The van der Waals surface area contributed by atoms with Gasteiger partial charge in [-0.3, -0.25) is 10.1 Å². The van der Waals surface area contributed by atoms with Gasteiger partial charge >= 0.3 is 5.69 Å². The Hall–Kier alpha value is -1.69. The molecule has 0 bridgehead atoms. The average molecular weight is 264 g/mol. The third kappa shape index (κ3) is 3.01. The molecule has 1 saturated carbocycles. The molecule has 1 heterocycles. The molecule has 19 heavy (non-hydrogen) atoms. The zero-order chi connectivity index (χ0) is 13.8. The fraction of sp³-hybridized carbons (Fsp3) is 0.615. The van der Waals surface area contributed by atoms with E-state index in [1.165, 1.54) is 6.07 Å². The van der Waals surface area contributed by atoms with Crippen LogP contribution in [0.25, 0.3) is 0 Å². The molecular formula is C13H20N4O2. The second kappa shape index (κ2) is 5.97. The van der Waals surface area contributed by atoms with Gasteiger partial charge in [-0.2, -0.15) is 0 Å². The van der Waals surface area contributed by atoms with Crippen LogP contribution in [0.15, 0.2) is 18.3 Å². The van der Waals surface area contributed by atoms with E-state index in [4.69, 9.17) is 5.73 Å². The fourth-order valence-electron chi connectivity index (χ4n) is 2.75. The van der Waals surface area contributed by atoms with Crippen LogP contribution in [0.4, 0.5) is 11.5 Å². The molecule has 0 amide bonds.